The molecule has 0 saturated carbocycles. The first-order chi connectivity index (χ1) is 14.8. The molecule has 0 fully saturated rings. The molecule has 0 bridgehead atoms. The van der Waals surface area contributed by atoms with Crippen molar-refractivity contribution < 1.29 is 9.53 Å². The molecule has 3 nitrogen and oxygen atoms in total. The van der Waals surface area contributed by atoms with Crippen molar-refractivity contribution in [3.8, 4) is 5.75 Å². The van der Waals surface area contributed by atoms with E-state index < -0.39 is 0 Å². The zero-order chi connectivity index (χ0) is 23.2. The van der Waals surface area contributed by atoms with E-state index in [9.17, 15) is 4.79 Å². The molecule has 1 aromatic rings. The molecule has 0 amide bonds. The van der Waals surface area contributed by atoms with Crippen LogP contribution in [-0.4, -0.2) is 23.5 Å². The van der Waals surface area contributed by atoms with Gasteiger partial charge in [0.15, 0.2) is 5.78 Å². The van der Waals surface area contributed by atoms with Crippen molar-refractivity contribution in [1.29, 1.82) is 5.41 Å². The largest absolute Gasteiger partial charge is 0.496 e. The summed E-state index contributed by atoms with van der Waals surface area (Å²) >= 11 is 5.60. The van der Waals surface area contributed by atoms with Crippen LogP contribution in [0.15, 0.2) is 24.3 Å². The Balaban J connectivity index is 2.37. The molecule has 0 spiro atoms. The second-order valence-corrected chi connectivity index (χ2v) is 9.20. The summed E-state index contributed by atoms with van der Waals surface area (Å²) in [7, 11) is 1.65. The van der Waals surface area contributed by atoms with Crippen LogP contribution in [0.1, 0.15) is 96.1 Å². The Hall–Kier alpha value is -1.81. The topological polar surface area (TPSA) is 50.2 Å². The lowest BCUT2D eigenvalue weighted by Crippen LogP contribution is -2.10. The first-order valence-electron chi connectivity index (χ1n) is 11.7. The second kappa shape index (κ2) is 15.1. The zero-order valence-corrected chi connectivity index (χ0v) is 21.0. The maximum atomic E-state index is 12.5. The minimum atomic E-state index is 0.112. The first kappa shape index (κ1) is 27.2. The summed E-state index contributed by atoms with van der Waals surface area (Å²) in [4.78, 5) is 13.5. The predicted molar refractivity (Wildman–Crippen MR) is 138 cm³/mol. The molecule has 1 aromatic carbocycles. The molecule has 1 rings (SSSR count). The number of allylic oxidation sites excluding steroid dienone is 2. The lowest BCUT2D eigenvalue weighted by Gasteiger charge is -2.13. The minimum absolute atomic E-state index is 0.112. The molecule has 0 aliphatic rings. The van der Waals surface area contributed by atoms with Crippen molar-refractivity contribution >= 4 is 34.2 Å². The smallest absolute Gasteiger partial charge is 0.156 e. The number of ether oxygens (including phenoxy) is 1. The lowest BCUT2D eigenvalue weighted by atomic mass is 9.95. The quantitative estimate of drug-likeness (QED) is 0.122. The predicted octanol–water partition coefficient (Wildman–Crippen LogP) is 7.92. The number of ketones is 1. The van der Waals surface area contributed by atoms with Crippen molar-refractivity contribution in [2.45, 2.75) is 91.9 Å². The van der Waals surface area contributed by atoms with Crippen LogP contribution in [0.4, 0.5) is 0 Å². The number of hydrogen-bond donors (Lipinski definition) is 1. The molecule has 31 heavy (non-hydrogen) atoms. The maximum absolute atomic E-state index is 12.5. The number of hydrogen-bond acceptors (Lipinski definition) is 4. The van der Waals surface area contributed by atoms with Crippen LogP contribution in [-0.2, 0) is 4.79 Å². The molecular formula is C27H41NO2S. The molecule has 4 heteroatoms. The Morgan fingerprint density at radius 2 is 1.84 bits per heavy atom. The van der Waals surface area contributed by atoms with Crippen molar-refractivity contribution in [3.63, 3.8) is 0 Å². The van der Waals surface area contributed by atoms with Crippen LogP contribution in [0.2, 0.25) is 0 Å². The summed E-state index contributed by atoms with van der Waals surface area (Å²) in [6.07, 6.45) is 11.5. The van der Waals surface area contributed by atoms with Crippen molar-refractivity contribution in [1.82, 2.24) is 0 Å². The summed E-state index contributed by atoms with van der Waals surface area (Å²) in [5.74, 6) is 1.27. The number of carbonyl (C=O) groups is 1. The van der Waals surface area contributed by atoms with Gasteiger partial charge in [-0.25, -0.2) is 0 Å². The van der Waals surface area contributed by atoms with Crippen LogP contribution in [0, 0.1) is 18.3 Å². The fourth-order valence-corrected chi connectivity index (χ4v) is 3.88. The monoisotopic (exact) mass is 443 g/mol. The third kappa shape index (κ3) is 10.9. The summed E-state index contributed by atoms with van der Waals surface area (Å²) < 4.78 is 5.43. The van der Waals surface area contributed by atoms with Crippen LogP contribution >= 0.6 is 12.2 Å². The maximum Gasteiger partial charge on any atom is 0.156 e. The molecule has 0 aliphatic heterocycles. The van der Waals surface area contributed by atoms with E-state index in [2.05, 4.69) is 19.9 Å². The number of rotatable bonds is 16. The van der Waals surface area contributed by atoms with E-state index in [-0.39, 0.29) is 5.78 Å². The van der Waals surface area contributed by atoms with Gasteiger partial charge in [-0.05, 0) is 86.9 Å². The van der Waals surface area contributed by atoms with Crippen LogP contribution in [0.3, 0.4) is 0 Å². The molecule has 0 heterocycles. The lowest BCUT2D eigenvalue weighted by molar-refractivity contribution is -0.114. The summed E-state index contributed by atoms with van der Waals surface area (Å²) in [5.41, 5.74) is 3.93. The third-order valence-electron chi connectivity index (χ3n) is 5.77. The van der Waals surface area contributed by atoms with E-state index in [0.717, 1.165) is 84.4 Å². The number of methoxy groups -OCH3 is 1. The van der Waals surface area contributed by atoms with Crippen molar-refractivity contribution in [2.24, 2.45) is 5.92 Å². The Morgan fingerprint density at radius 3 is 2.52 bits per heavy atom. The van der Waals surface area contributed by atoms with Gasteiger partial charge in [0.2, 0.25) is 0 Å². The van der Waals surface area contributed by atoms with Gasteiger partial charge in [0.25, 0.3) is 0 Å². The van der Waals surface area contributed by atoms with Crippen LogP contribution < -0.4 is 4.74 Å². The minimum Gasteiger partial charge on any atom is -0.496 e. The SMILES string of the molecule is CCCCC(=N)CCCCCC(C)C(=S)CCC(=O)C=C(C)c1cc(C)ccc1OC. The number of carbonyl (C=O) groups excluding carboxylic acids is 1. The van der Waals surface area contributed by atoms with Gasteiger partial charge >= 0.3 is 0 Å². The Bertz CT molecular complexity index is 766. The van der Waals surface area contributed by atoms with Gasteiger partial charge in [-0.2, -0.15) is 0 Å². The molecule has 1 unspecified atom stereocenters. The van der Waals surface area contributed by atoms with E-state index in [0.29, 0.717) is 18.8 Å². The van der Waals surface area contributed by atoms with Gasteiger partial charge in [-0.15, -0.1) is 0 Å². The number of aryl methyl sites for hydroxylation is 1. The van der Waals surface area contributed by atoms with Gasteiger partial charge in [-0.3, -0.25) is 4.79 Å². The van der Waals surface area contributed by atoms with Crippen LogP contribution in [0.5, 0.6) is 5.75 Å². The zero-order valence-electron chi connectivity index (χ0n) is 20.2. The number of thiocarbonyl (C=S) groups is 1. The Labute approximate surface area is 195 Å². The van der Waals surface area contributed by atoms with Gasteiger partial charge in [0, 0.05) is 17.7 Å². The molecule has 1 N–H and O–H groups in total. The normalized spacial score (nSPS) is 12.5. The van der Waals surface area contributed by atoms with Crippen molar-refractivity contribution in [3.05, 3.63) is 35.4 Å². The summed E-state index contributed by atoms with van der Waals surface area (Å²) in [6, 6.07) is 6.00. The van der Waals surface area contributed by atoms with E-state index in [1.54, 1.807) is 13.2 Å². The number of nitrogens with one attached hydrogen (secondary N) is 1. The highest BCUT2D eigenvalue weighted by atomic mass is 32.1. The fourth-order valence-electron chi connectivity index (χ4n) is 3.66. The average molecular weight is 444 g/mol. The Morgan fingerprint density at radius 1 is 1.13 bits per heavy atom. The highest BCUT2D eigenvalue weighted by Crippen LogP contribution is 2.27. The standard InChI is InChI=1S/C27H41NO2S/c1-6-7-12-23(28)13-10-8-9-11-21(3)27(31)17-15-24(29)19-22(4)25-18-20(2)14-16-26(25)30-5/h14,16,18-19,21,28H,6-13,15,17H2,1-5H3. The van der Waals surface area contributed by atoms with Gasteiger partial charge in [-0.1, -0.05) is 57.0 Å². The summed E-state index contributed by atoms with van der Waals surface area (Å²) in [5, 5.41) is 7.95. The highest BCUT2D eigenvalue weighted by Gasteiger charge is 2.12. The highest BCUT2D eigenvalue weighted by molar-refractivity contribution is 7.80. The molecule has 0 saturated heterocycles. The van der Waals surface area contributed by atoms with Gasteiger partial charge in [0.1, 0.15) is 5.75 Å². The summed E-state index contributed by atoms with van der Waals surface area (Å²) in [6.45, 7) is 8.34. The molecule has 0 aliphatic carbocycles. The van der Waals surface area contributed by atoms with E-state index >= 15 is 0 Å². The third-order valence-corrected chi connectivity index (χ3v) is 6.38. The van der Waals surface area contributed by atoms with Gasteiger partial charge in [0.05, 0.1) is 7.11 Å². The molecule has 1 atom stereocenters. The fraction of sp³-hybridized carbons (Fsp3) is 0.593. The van der Waals surface area contributed by atoms with Crippen molar-refractivity contribution in [2.75, 3.05) is 7.11 Å². The molecular weight excluding hydrogens is 402 g/mol. The van der Waals surface area contributed by atoms with Crippen LogP contribution in [0.25, 0.3) is 5.57 Å². The molecule has 0 radical (unpaired) electrons. The number of unbranched alkanes of at least 4 members (excludes halogenated alkanes) is 3. The molecule has 172 valence electrons. The first-order valence-corrected chi connectivity index (χ1v) is 12.1. The van der Waals surface area contributed by atoms with E-state index in [1.165, 1.54) is 0 Å². The molecule has 0 aromatic heterocycles. The second-order valence-electron chi connectivity index (χ2n) is 8.67. The number of benzene rings is 1. The van der Waals surface area contributed by atoms with Gasteiger partial charge < -0.3 is 10.1 Å². The van der Waals surface area contributed by atoms with E-state index in [4.69, 9.17) is 22.4 Å². The Kier molecular flexibility index (Phi) is 13.2. The average Bonchev–Trinajstić information content (AvgIpc) is 2.75. The van der Waals surface area contributed by atoms with E-state index in [1.807, 2.05) is 26.0 Å².